The lowest BCUT2D eigenvalue weighted by Gasteiger charge is -1.98. The number of aromatic nitrogens is 3. The lowest BCUT2D eigenvalue weighted by molar-refractivity contribution is 1.01. The van der Waals surface area contributed by atoms with Gasteiger partial charge in [0.05, 0.1) is 11.4 Å². The number of rotatable bonds is 2. The normalized spacial score (nSPS) is 10.4. The second-order valence-electron chi connectivity index (χ2n) is 2.80. The van der Waals surface area contributed by atoms with Crippen molar-refractivity contribution < 1.29 is 0 Å². The van der Waals surface area contributed by atoms with Crippen LogP contribution in [0.2, 0.25) is 0 Å². The summed E-state index contributed by atoms with van der Waals surface area (Å²) in [7, 11) is 0. The van der Waals surface area contributed by atoms with Gasteiger partial charge in [0.2, 0.25) is 0 Å². The van der Waals surface area contributed by atoms with E-state index in [1.807, 2.05) is 12.1 Å². The van der Waals surface area contributed by atoms with Gasteiger partial charge in [-0.3, -0.25) is 4.98 Å². The van der Waals surface area contributed by atoms with Gasteiger partial charge in [0.25, 0.3) is 0 Å². The van der Waals surface area contributed by atoms with E-state index in [9.17, 15) is 0 Å². The van der Waals surface area contributed by atoms with Crippen LogP contribution in [0.15, 0.2) is 29.3 Å². The fourth-order valence-corrected chi connectivity index (χ4v) is 1.68. The average Bonchev–Trinajstić information content (AvgIpc) is 2.61. The van der Waals surface area contributed by atoms with Crippen molar-refractivity contribution >= 4 is 15.9 Å². The number of hydrogen-bond acceptors (Lipinski definition) is 3. The number of imidazole rings is 1. The molecule has 3 N–H and O–H groups in total. The summed E-state index contributed by atoms with van der Waals surface area (Å²) in [6.07, 6.45) is 3.50. The van der Waals surface area contributed by atoms with Gasteiger partial charge in [-0.2, -0.15) is 0 Å². The Balaban J connectivity index is 2.51. The van der Waals surface area contributed by atoms with Gasteiger partial charge in [0.15, 0.2) is 4.73 Å². The Labute approximate surface area is 89.7 Å². The van der Waals surface area contributed by atoms with Gasteiger partial charge in [-0.25, -0.2) is 4.98 Å². The first-order valence-corrected chi connectivity index (χ1v) is 4.95. The van der Waals surface area contributed by atoms with E-state index in [2.05, 4.69) is 30.9 Å². The first-order chi connectivity index (χ1) is 6.81. The van der Waals surface area contributed by atoms with E-state index in [1.54, 1.807) is 12.4 Å². The lowest BCUT2D eigenvalue weighted by Crippen LogP contribution is -1.98. The lowest BCUT2D eigenvalue weighted by atomic mass is 10.2. The minimum atomic E-state index is 0.433. The highest BCUT2D eigenvalue weighted by atomic mass is 79.9. The van der Waals surface area contributed by atoms with Crippen molar-refractivity contribution in [1.29, 1.82) is 0 Å². The molecule has 0 saturated carbocycles. The number of pyridine rings is 1. The fourth-order valence-electron chi connectivity index (χ4n) is 1.27. The van der Waals surface area contributed by atoms with Gasteiger partial charge in [-0.05, 0) is 28.1 Å². The van der Waals surface area contributed by atoms with Crippen molar-refractivity contribution in [3.05, 3.63) is 35.0 Å². The summed E-state index contributed by atoms with van der Waals surface area (Å²) in [6.45, 7) is 0.433. The van der Waals surface area contributed by atoms with Crippen molar-refractivity contribution in [2.75, 3.05) is 0 Å². The highest BCUT2D eigenvalue weighted by molar-refractivity contribution is 9.10. The van der Waals surface area contributed by atoms with Crippen molar-refractivity contribution in [2.24, 2.45) is 5.73 Å². The Morgan fingerprint density at radius 1 is 1.50 bits per heavy atom. The number of nitrogens with two attached hydrogens (primary N) is 1. The summed E-state index contributed by atoms with van der Waals surface area (Å²) in [5.41, 5.74) is 8.32. The van der Waals surface area contributed by atoms with Gasteiger partial charge >= 0.3 is 0 Å². The molecule has 0 bridgehead atoms. The standard InChI is InChI=1S/C9H9BrN4/c10-9-13-7(4-11)8(14-9)6-2-1-3-12-5-6/h1-3,5H,4,11H2,(H,13,14). The summed E-state index contributed by atoms with van der Waals surface area (Å²) in [6, 6.07) is 3.83. The third-order valence-electron chi connectivity index (χ3n) is 1.89. The topological polar surface area (TPSA) is 67.6 Å². The van der Waals surface area contributed by atoms with Crippen LogP contribution in [0.4, 0.5) is 0 Å². The molecule has 4 nitrogen and oxygen atoms in total. The SMILES string of the molecule is NCc1[nH]c(Br)nc1-c1cccnc1. The predicted octanol–water partition coefficient (Wildman–Crippen LogP) is 1.69. The number of nitrogens with zero attached hydrogens (tertiary/aromatic N) is 2. The monoisotopic (exact) mass is 252 g/mol. The van der Waals surface area contributed by atoms with Gasteiger partial charge in [0, 0.05) is 24.5 Å². The number of H-pyrrole nitrogens is 1. The third kappa shape index (κ3) is 1.69. The maximum Gasteiger partial charge on any atom is 0.175 e. The highest BCUT2D eigenvalue weighted by Gasteiger charge is 2.09. The summed E-state index contributed by atoms with van der Waals surface area (Å²) in [4.78, 5) is 11.4. The van der Waals surface area contributed by atoms with Crippen LogP contribution in [0.25, 0.3) is 11.3 Å². The molecule has 0 radical (unpaired) electrons. The molecule has 72 valence electrons. The Morgan fingerprint density at radius 2 is 2.36 bits per heavy atom. The number of hydrogen-bond donors (Lipinski definition) is 2. The smallest absolute Gasteiger partial charge is 0.175 e. The number of nitrogens with one attached hydrogen (secondary N) is 1. The molecule has 2 rings (SSSR count). The molecular weight excluding hydrogens is 244 g/mol. The van der Waals surface area contributed by atoms with Gasteiger partial charge in [-0.1, -0.05) is 0 Å². The van der Waals surface area contributed by atoms with Crippen molar-refractivity contribution in [3.63, 3.8) is 0 Å². The number of halogens is 1. The van der Waals surface area contributed by atoms with Crippen LogP contribution < -0.4 is 5.73 Å². The second-order valence-corrected chi connectivity index (χ2v) is 3.55. The second kappa shape index (κ2) is 3.89. The van der Waals surface area contributed by atoms with Crippen molar-refractivity contribution in [3.8, 4) is 11.3 Å². The first-order valence-electron chi connectivity index (χ1n) is 4.16. The predicted molar refractivity (Wildman–Crippen MR) is 57.4 cm³/mol. The van der Waals surface area contributed by atoms with Crippen molar-refractivity contribution in [2.45, 2.75) is 6.54 Å². The molecule has 2 aromatic heterocycles. The zero-order chi connectivity index (χ0) is 9.97. The maximum atomic E-state index is 5.59. The molecule has 0 atom stereocenters. The summed E-state index contributed by atoms with van der Waals surface area (Å²) >= 11 is 3.28. The fraction of sp³-hybridized carbons (Fsp3) is 0.111. The molecule has 2 aromatic rings. The minimum absolute atomic E-state index is 0.433. The van der Waals surface area contributed by atoms with Crippen molar-refractivity contribution in [1.82, 2.24) is 15.0 Å². The van der Waals surface area contributed by atoms with E-state index in [1.165, 1.54) is 0 Å². The molecule has 0 aromatic carbocycles. The van der Waals surface area contributed by atoms with E-state index in [-0.39, 0.29) is 0 Å². The molecule has 0 saturated heterocycles. The van der Waals surface area contributed by atoms with Crippen LogP contribution in [0, 0.1) is 0 Å². The molecule has 0 unspecified atom stereocenters. The van der Waals surface area contributed by atoms with E-state index in [0.717, 1.165) is 17.0 Å². The third-order valence-corrected chi connectivity index (χ3v) is 2.26. The van der Waals surface area contributed by atoms with Crippen LogP contribution in [0.3, 0.4) is 0 Å². The van der Waals surface area contributed by atoms with Gasteiger partial charge in [0.1, 0.15) is 0 Å². The van der Waals surface area contributed by atoms with Crippen LogP contribution >= 0.6 is 15.9 Å². The molecule has 0 spiro atoms. The summed E-state index contributed by atoms with van der Waals surface area (Å²) < 4.78 is 0.691. The van der Waals surface area contributed by atoms with E-state index >= 15 is 0 Å². The zero-order valence-electron chi connectivity index (χ0n) is 7.37. The van der Waals surface area contributed by atoms with Crippen LogP contribution in [0.1, 0.15) is 5.69 Å². The van der Waals surface area contributed by atoms with Gasteiger partial charge < -0.3 is 10.7 Å². The molecular formula is C9H9BrN4. The Kier molecular flexibility index (Phi) is 2.60. The molecule has 0 fully saturated rings. The van der Waals surface area contributed by atoms with E-state index in [4.69, 9.17) is 5.73 Å². The van der Waals surface area contributed by atoms with Crippen LogP contribution in [-0.2, 0) is 6.54 Å². The van der Waals surface area contributed by atoms with E-state index < -0.39 is 0 Å². The average molecular weight is 253 g/mol. The Morgan fingerprint density at radius 3 is 3.00 bits per heavy atom. The maximum absolute atomic E-state index is 5.59. The first kappa shape index (κ1) is 9.36. The largest absolute Gasteiger partial charge is 0.335 e. The molecule has 0 amide bonds. The Hall–Kier alpha value is -1.20. The molecule has 5 heteroatoms. The molecule has 14 heavy (non-hydrogen) atoms. The molecule has 0 aliphatic heterocycles. The quantitative estimate of drug-likeness (QED) is 0.855. The Bertz CT molecular complexity index is 424. The zero-order valence-corrected chi connectivity index (χ0v) is 8.95. The van der Waals surface area contributed by atoms with Crippen LogP contribution in [0.5, 0.6) is 0 Å². The minimum Gasteiger partial charge on any atom is -0.335 e. The molecule has 2 heterocycles. The summed E-state index contributed by atoms with van der Waals surface area (Å²) in [5, 5.41) is 0. The molecule has 0 aliphatic carbocycles. The van der Waals surface area contributed by atoms with Gasteiger partial charge in [-0.15, -0.1) is 0 Å². The summed E-state index contributed by atoms with van der Waals surface area (Å²) in [5.74, 6) is 0. The highest BCUT2D eigenvalue weighted by Crippen LogP contribution is 2.21. The van der Waals surface area contributed by atoms with Crippen LogP contribution in [-0.4, -0.2) is 15.0 Å². The molecule has 0 aliphatic rings. The number of aromatic amines is 1. The van der Waals surface area contributed by atoms with E-state index in [0.29, 0.717) is 11.3 Å².